The van der Waals surface area contributed by atoms with Gasteiger partial charge in [-0.1, -0.05) is 42.5 Å². The molecular weight excluding hydrogens is 226 g/mol. The van der Waals surface area contributed by atoms with E-state index in [-0.39, 0.29) is 0 Å². The van der Waals surface area contributed by atoms with E-state index in [0.29, 0.717) is 0 Å². The van der Waals surface area contributed by atoms with Crippen LogP contribution in [0.4, 0.5) is 5.69 Å². The van der Waals surface area contributed by atoms with E-state index in [1.54, 1.807) is 0 Å². The van der Waals surface area contributed by atoms with Crippen LogP contribution < -0.4 is 0 Å². The second-order valence-corrected chi connectivity index (χ2v) is 5.11. The molecule has 0 aromatic heterocycles. The van der Waals surface area contributed by atoms with Crippen molar-refractivity contribution >= 4 is 22.5 Å². The molecule has 1 heterocycles. The van der Waals surface area contributed by atoms with Crippen molar-refractivity contribution in [2.45, 2.75) is 12.7 Å². The van der Waals surface area contributed by atoms with Gasteiger partial charge >= 0.3 is 0 Å². The van der Waals surface area contributed by atoms with Gasteiger partial charge in [-0.2, -0.15) is 0 Å². The predicted molar refractivity (Wildman–Crippen MR) is 75.1 cm³/mol. The molecule has 0 aliphatic carbocycles. The average Bonchev–Trinajstić information content (AvgIpc) is 2.39. The molecule has 0 atom stereocenters. The number of hydrogen-bond donors (Lipinski definition) is 0. The van der Waals surface area contributed by atoms with Crippen molar-refractivity contribution in [2.24, 2.45) is 4.99 Å². The number of aryl methyl sites for hydroxylation is 1. The second-order valence-electron chi connectivity index (χ2n) is 4.15. The van der Waals surface area contributed by atoms with Gasteiger partial charge in [0.05, 0.1) is 5.69 Å². The minimum Gasteiger partial charge on any atom is -0.241 e. The molecule has 0 unspecified atom stereocenters. The van der Waals surface area contributed by atoms with Gasteiger partial charge in [-0.25, -0.2) is 4.99 Å². The third kappa shape index (κ3) is 2.01. The Balaban J connectivity index is 2.08. The molecule has 1 nitrogen and oxygen atoms in total. The number of para-hydroxylation sites is 1. The Labute approximate surface area is 106 Å². The summed E-state index contributed by atoms with van der Waals surface area (Å²) in [6, 6.07) is 16.8. The summed E-state index contributed by atoms with van der Waals surface area (Å²) in [4.78, 5) is 4.76. The fourth-order valence-electron chi connectivity index (χ4n) is 1.98. The second kappa shape index (κ2) is 4.38. The van der Waals surface area contributed by atoms with E-state index in [9.17, 15) is 0 Å². The number of nitrogens with zero attached hydrogens (tertiary/aromatic N) is 1. The molecule has 0 amide bonds. The number of hydrogen-bond acceptors (Lipinski definition) is 2. The highest BCUT2D eigenvalue weighted by molar-refractivity contribution is 8.13. The molecule has 84 valence electrons. The first-order valence-corrected chi connectivity index (χ1v) is 6.68. The van der Waals surface area contributed by atoms with Gasteiger partial charge < -0.3 is 0 Å². The highest BCUT2D eigenvalue weighted by Gasteiger charge is 2.14. The molecule has 0 bridgehead atoms. The van der Waals surface area contributed by atoms with E-state index < -0.39 is 0 Å². The van der Waals surface area contributed by atoms with Crippen molar-refractivity contribution in [2.75, 3.05) is 0 Å². The van der Waals surface area contributed by atoms with Crippen LogP contribution >= 0.6 is 11.8 Å². The molecule has 17 heavy (non-hydrogen) atoms. The summed E-state index contributed by atoms with van der Waals surface area (Å²) in [6.07, 6.45) is 0. The van der Waals surface area contributed by atoms with Crippen molar-refractivity contribution in [3.8, 4) is 0 Å². The van der Waals surface area contributed by atoms with Crippen LogP contribution in [0.3, 0.4) is 0 Å². The number of aliphatic imine (C=N–C) groups is 1. The summed E-state index contributed by atoms with van der Waals surface area (Å²) >= 11 is 1.82. The molecule has 0 radical (unpaired) electrons. The monoisotopic (exact) mass is 239 g/mol. The Hall–Kier alpha value is -1.54. The van der Waals surface area contributed by atoms with E-state index in [4.69, 9.17) is 4.99 Å². The third-order valence-electron chi connectivity index (χ3n) is 2.95. The van der Waals surface area contributed by atoms with Crippen molar-refractivity contribution in [3.05, 3.63) is 65.2 Å². The smallest absolute Gasteiger partial charge is 0.105 e. The van der Waals surface area contributed by atoms with Crippen LogP contribution in [-0.2, 0) is 5.75 Å². The molecule has 1 aliphatic rings. The Morgan fingerprint density at radius 3 is 2.65 bits per heavy atom. The summed E-state index contributed by atoms with van der Waals surface area (Å²) < 4.78 is 0. The zero-order valence-electron chi connectivity index (χ0n) is 9.68. The summed E-state index contributed by atoms with van der Waals surface area (Å²) in [5, 5.41) is 1.14. The van der Waals surface area contributed by atoms with Gasteiger partial charge in [-0.3, -0.25) is 0 Å². The maximum Gasteiger partial charge on any atom is 0.105 e. The topological polar surface area (TPSA) is 12.4 Å². The lowest BCUT2D eigenvalue weighted by molar-refractivity contribution is 1.34. The summed E-state index contributed by atoms with van der Waals surface area (Å²) in [7, 11) is 0. The Morgan fingerprint density at radius 1 is 1.00 bits per heavy atom. The molecular formula is C15H13NS. The average molecular weight is 239 g/mol. The third-order valence-corrected chi connectivity index (χ3v) is 3.99. The van der Waals surface area contributed by atoms with Gasteiger partial charge in [0.2, 0.25) is 0 Å². The van der Waals surface area contributed by atoms with E-state index in [1.807, 2.05) is 17.8 Å². The van der Waals surface area contributed by atoms with Crippen molar-refractivity contribution in [3.63, 3.8) is 0 Å². The van der Waals surface area contributed by atoms with Crippen LogP contribution in [0.25, 0.3) is 0 Å². The van der Waals surface area contributed by atoms with Crippen molar-refractivity contribution in [1.29, 1.82) is 0 Å². The van der Waals surface area contributed by atoms with Crippen molar-refractivity contribution < 1.29 is 0 Å². The molecule has 0 N–H and O–H groups in total. The first-order valence-electron chi connectivity index (χ1n) is 5.70. The van der Waals surface area contributed by atoms with Crippen LogP contribution in [0.2, 0.25) is 0 Å². The summed E-state index contributed by atoms with van der Waals surface area (Å²) in [5.41, 5.74) is 4.99. The van der Waals surface area contributed by atoms with Crippen LogP contribution in [0.5, 0.6) is 0 Å². The first kappa shape index (κ1) is 10.6. The minimum atomic E-state index is 1.02. The van der Waals surface area contributed by atoms with Crippen LogP contribution in [0, 0.1) is 6.92 Å². The van der Waals surface area contributed by atoms with Crippen LogP contribution in [-0.4, -0.2) is 5.04 Å². The van der Waals surface area contributed by atoms with Crippen molar-refractivity contribution in [1.82, 2.24) is 0 Å². The minimum absolute atomic E-state index is 1.02. The molecule has 0 saturated heterocycles. The van der Waals surface area contributed by atoms with Crippen LogP contribution in [0.1, 0.15) is 16.7 Å². The molecule has 2 aromatic rings. The van der Waals surface area contributed by atoms with Gasteiger partial charge in [0.1, 0.15) is 5.04 Å². The number of thioether (sulfide) groups is 1. The Kier molecular flexibility index (Phi) is 2.73. The first-order chi connectivity index (χ1) is 8.34. The molecule has 3 rings (SSSR count). The number of rotatable bonds is 1. The summed E-state index contributed by atoms with van der Waals surface area (Å²) in [6.45, 7) is 2.14. The fourth-order valence-corrected chi connectivity index (χ4v) is 3.06. The maximum atomic E-state index is 4.76. The molecule has 2 aromatic carbocycles. The van der Waals surface area contributed by atoms with Gasteiger partial charge in [-0.15, -0.1) is 11.8 Å². The lowest BCUT2D eigenvalue weighted by atomic mass is 10.1. The standard InChI is InChI=1S/C15H13NS/c1-11-6-2-4-8-13(11)15-16-14-9-5-3-7-12(14)10-17-15/h2-9H,10H2,1H3. The molecule has 0 spiro atoms. The van der Waals surface area contributed by atoms with Gasteiger partial charge in [0.25, 0.3) is 0 Å². The SMILES string of the molecule is Cc1ccccc1C1=Nc2ccccc2CS1. The Bertz CT molecular complexity index is 587. The van der Waals surface area contributed by atoms with E-state index in [2.05, 4.69) is 49.4 Å². The zero-order chi connectivity index (χ0) is 11.7. The number of benzene rings is 2. The van der Waals surface area contributed by atoms with Gasteiger partial charge in [-0.05, 0) is 24.1 Å². The predicted octanol–water partition coefficient (Wildman–Crippen LogP) is 4.32. The molecule has 0 saturated carbocycles. The lowest BCUT2D eigenvalue weighted by Crippen LogP contribution is -2.03. The van der Waals surface area contributed by atoms with E-state index in [1.165, 1.54) is 16.7 Å². The van der Waals surface area contributed by atoms with E-state index in [0.717, 1.165) is 16.5 Å². The fraction of sp³-hybridized carbons (Fsp3) is 0.133. The normalized spacial score (nSPS) is 14.1. The highest BCUT2D eigenvalue weighted by Crippen LogP contribution is 2.33. The highest BCUT2D eigenvalue weighted by atomic mass is 32.2. The number of fused-ring (bicyclic) bond motifs is 1. The van der Waals surface area contributed by atoms with Crippen LogP contribution in [0.15, 0.2) is 53.5 Å². The Morgan fingerprint density at radius 2 is 1.76 bits per heavy atom. The summed E-state index contributed by atoms with van der Waals surface area (Å²) in [5.74, 6) is 1.02. The molecule has 2 heteroatoms. The van der Waals surface area contributed by atoms with E-state index >= 15 is 0 Å². The largest absolute Gasteiger partial charge is 0.241 e. The maximum absolute atomic E-state index is 4.76. The molecule has 0 fully saturated rings. The lowest BCUT2D eigenvalue weighted by Gasteiger charge is -2.16. The molecule has 1 aliphatic heterocycles. The van der Waals surface area contributed by atoms with Gasteiger partial charge in [0, 0.05) is 11.3 Å². The zero-order valence-corrected chi connectivity index (χ0v) is 10.5. The quantitative estimate of drug-likeness (QED) is 0.722. The van der Waals surface area contributed by atoms with Gasteiger partial charge in [0.15, 0.2) is 0 Å².